The Morgan fingerprint density at radius 1 is 1.58 bits per heavy atom. The maximum absolute atomic E-state index is 5.94. The third-order valence-electron chi connectivity index (χ3n) is 1.92. The van der Waals surface area contributed by atoms with Crippen molar-refractivity contribution >= 4 is 11.6 Å². The van der Waals surface area contributed by atoms with Gasteiger partial charge in [-0.1, -0.05) is 25.4 Å². The van der Waals surface area contributed by atoms with E-state index < -0.39 is 0 Å². The highest BCUT2D eigenvalue weighted by atomic mass is 35.5. The second kappa shape index (κ2) is 3.46. The normalized spacial score (nSPS) is 11.2. The molecule has 2 N–H and O–H groups in total. The van der Waals surface area contributed by atoms with Gasteiger partial charge in [0.25, 0.3) is 0 Å². The minimum Gasteiger partial charge on any atom is -0.332 e. The first-order valence-electron chi connectivity index (χ1n) is 3.99. The fourth-order valence-corrected chi connectivity index (χ4v) is 1.77. The number of imidazole rings is 1. The molecule has 0 amide bonds. The molecule has 1 aromatic heterocycles. The molecule has 0 saturated heterocycles. The van der Waals surface area contributed by atoms with E-state index >= 15 is 0 Å². The van der Waals surface area contributed by atoms with Crippen molar-refractivity contribution in [3.63, 3.8) is 0 Å². The highest BCUT2D eigenvalue weighted by molar-refractivity contribution is 6.30. The highest BCUT2D eigenvalue weighted by Crippen LogP contribution is 2.23. The monoisotopic (exact) mass is 187 g/mol. The van der Waals surface area contributed by atoms with Gasteiger partial charge in [0.2, 0.25) is 0 Å². The fraction of sp³-hybridized carbons (Fsp3) is 0.625. The van der Waals surface area contributed by atoms with Crippen LogP contribution in [0, 0.1) is 0 Å². The fourth-order valence-electron chi connectivity index (χ4n) is 1.33. The lowest BCUT2D eigenvalue weighted by atomic mass is 10.1. The molecule has 3 nitrogen and oxygen atoms in total. The van der Waals surface area contributed by atoms with Crippen LogP contribution in [-0.4, -0.2) is 9.55 Å². The smallest absolute Gasteiger partial charge is 0.150 e. The number of nitrogens with two attached hydrogens (primary N) is 1. The van der Waals surface area contributed by atoms with Gasteiger partial charge in [-0.2, -0.15) is 0 Å². The summed E-state index contributed by atoms with van der Waals surface area (Å²) in [4.78, 5) is 4.15. The van der Waals surface area contributed by atoms with Crippen molar-refractivity contribution in [1.82, 2.24) is 9.55 Å². The molecular formula is C8H14ClN3. The van der Waals surface area contributed by atoms with E-state index in [9.17, 15) is 0 Å². The van der Waals surface area contributed by atoms with Crippen molar-refractivity contribution in [1.29, 1.82) is 0 Å². The second-order valence-corrected chi connectivity index (χ2v) is 3.48. The molecule has 1 heterocycles. The summed E-state index contributed by atoms with van der Waals surface area (Å²) in [7, 11) is 1.94. The summed E-state index contributed by atoms with van der Waals surface area (Å²) in [5.74, 6) is 1.22. The minimum absolute atomic E-state index is 0.385. The Morgan fingerprint density at radius 2 is 2.17 bits per heavy atom. The molecule has 1 aromatic rings. The Hall–Kier alpha value is -0.540. The Bertz CT molecular complexity index is 278. The van der Waals surface area contributed by atoms with E-state index in [0.29, 0.717) is 17.6 Å². The van der Waals surface area contributed by atoms with Gasteiger partial charge in [0.05, 0.1) is 12.2 Å². The molecule has 0 aromatic carbocycles. The van der Waals surface area contributed by atoms with Gasteiger partial charge in [-0.25, -0.2) is 4.98 Å². The van der Waals surface area contributed by atoms with Gasteiger partial charge in [-0.15, -0.1) is 0 Å². The summed E-state index contributed by atoms with van der Waals surface area (Å²) in [5, 5.41) is 0.577. The average molecular weight is 188 g/mol. The van der Waals surface area contributed by atoms with E-state index in [1.165, 1.54) is 0 Å². The molecule has 12 heavy (non-hydrogen) atoms. The predicted octanol–water partition coefficient (Wildman–Crippen LogP) is 1.66. The lowest BCUT2D eigenvalue weighted by molar-refractivity contribution is 0.703. The number of halogens is 1. The topological polar surface area (TPSA) is 43.8 Å². The quantitative estimate of drug-likeness (QED) is 0.766. The van der Waals surface area contributed by atoms with E-state index in [4.69, 9.17) is 17.3 Å². The van der Waals surface area contributed by atoms with Crippen molar-refractivity contribution in [3.8, 4) is 0 Å². The molecule has 0 spiro atoms. The lowest BCUT2D eigenvalue weighted by Crippen LogP contribution is -2.07. The third kappa shape index (κ3) is 1.47. The van der Waals surface area contributed by atoms with Crippen LogP contribution < -0.4 is 5.73 Å². The molecule has 0 aliphatic heterocycles. The van der Waals surface area contributed by atoms with Crippen molar-refractivity contribution < 1.29 is 0 Å². The molecule has 0 saturated carbocycles. The van der Waals surface area contributed by atoms with Crippen LogP contribution in [0.3, 0.4) is 0 Å². The van der Waals surface area contributed by atoms with Crippen LogP contribution >= 0.6 is 11.6 Å². The number of nitrogens with zero attached hydrogens (tertiary/aromatic N) is 2. The van der Waals surface area contributed by atoms with E-state index in [2.05, 4.69) is 18.8 Å². The molecule has 0 fully saturated rings. The standard InChI is InChI=1S/C8H14ClN3/c1-5(2)7-8(9)11-6(4-10)12(7)3/h5H,4,10H2,1-3H3. The molecule has 0 bridgehead atoms. The SMILES string of the molecule is CC(C)c1c(Cl)nc(CN)n1C. The maximum Gasteiger partial charge on any atom is 0.150 e. The summed E-state index contributed by atoms with van der Waals surface area (Å²) in [6.07, 6.45) is 0. The summed E-state index contributed by atoms with van der Waals surface area (Å²) in [5.41, 5.74) is 6.54. The predicted molar refractivity (Wildman–Crippen MR) is 50.2 cm³/mol. The van der Waals surface area contributed by atoms with Crippen molar-refractivity contribution in [3.05, 3.63) is 16.7 Å². The number of hydrogen-bond acceptors (Lipinski definition) is 2. The molecule has 0 radical (unpaired) electrons. The molecule has 0 aliphatic carbocycles. The van der Waals surface area contributed by atoms with E-state index in [-0.39, 0.29) is 0 Å². The van der Waals surface area contributed by atoms with Gasteiger partial charge in [0, 0.05) is 7.05 Å². The zero-order chi connectivity index (χ0) is 9.30. The Kier molecular flexibility index (Phi) is 2.75. The van der Waals surface area contributed by atoms with Crippen LogP contribution in [0.4, 0.5) is 0 Å². The molecule has 0 aliphatic rings. The van der Waals surface area contributed by atoms with Gasteiger partial charge in [-0.3, -0.25) is 0 Å². The first kappa shape index (κ1) is 9.55. The summed E-state index contributed by atoms with van der Waals surface area (Å²) < 4.78 is 1.97. The Morgan fingerprint density at radius 3 is 2.42 bits per heavy atom. The van der Waals surface area contributed by atoms with Crippen molar-refractivity contribution in [2.24, 2.45) is 12.8 Å². The van der Waals surface area contributed by atoms with Crippen LogP contribution in [0.5, 0.6) is 0 Å². The van der Waals surface area contributed by atoms with Crippen molar-refractivity contribution in [2.75, 3.05) is 0 Å². The first-order valence-corrected chi connectivity index (χ1v) is 4.36. The average Bonchev–Trinajstić information content (AvgIpc) is 2.25. The lowest BCUT2D eigenvalue weighted by Gasteiger charge is -2.07. The summed E-state index contributed by atoms with van der Waals surface area (Å²) >= 11 is 5.94. The van der Waals surface area contributed by atoms with E-state index in [1.807, 2.05) is 11.6 Å². The zero-order valence-electron chi connectivity index (χ0n) is 7.63. The van der Waals surface area contributed by atoms with Crippen LogP contribution in [0.15, 0.2) is 0 Å². The number of hydrogen-bond donors (Lipinski definition) is 1. The molecule has 4 heteroatoms. The van der Waals surface area contributed by atoms with Crippen molar-refractivity contribution in [2.45, 2.75) is 26.3 Å². The van der Waals surface area contributed by atoms with Crippen LogP contribution in [0.2, 0.25) is 5.15 Å². The van der Waals surface area contributed by atoms with Gasteiger partial charge >= 0.3 is 0 Å². The number of rotatable bonds is 2. The van der Waals surface area contributed by atoms with E-state index in [1.54, 1.807) is 0 Å². The Labute approximate surface area is 77.5 Å². The maximum atomic E-state index is 5.94. The highest BCUT2D eigenvalue weighted by Gasteiger charge is 2.14. The van der Waals surface area contributed by atoms with Crippen LogP contribution in [0.1, 0.15) is 31.3 Å². The number of aromatic nitrogens is 2. The molecule has 0 atom stereocenters. The minimum atomic E-state index is 0.385. The molecule has 1 rings (SSSR count). The molecule has 68 valence electrons. The first-order chi connectivity index (χ1) is 5.57. The van der Waals surface area contributed by atoms with Gasteiger partial charge < -0.3 is 10.3 Å². The third-order valence-corrected chi connectivity index (χ3v) is 2.19. The summed E-state index contributed by atoms with van der Waals surface area (Å²) in [6, 6.07) is 0. The largest absolute Gasteiger partial charge is 0.332 e. The second-order valence-electron chi connectivity index (χ2n) is 3.12. The van der Waals surface area contributed by atoms with Crippen LogP contribution in [-0.2, 0) is 13.6 Å². The van der Waals surface area contributed by atoms with Crippen LogP contribution in [0.25, 0.3) is 0 Å². The van der Waals surface area contributed by atoms with Gasteiger partial charge in [-0.05, 0) is 5.92 Å². The molecular weight excluding hydrogens is 174 g/mol. The molecule has 0 unspecified atom stereocenters. The summed E-state index contributed by atoms with van der Waals surface area (Å²) in [6.45, 7) is 4.61. The Balaban J connectivity index is 3.19. The van der Waals surface area contributed by atoms with E-state index in [0.717, 1.165) is 11.5 Å². The van der Waals surface area contributed by atoms with Gasteiger partial charge in [0.15, 0.2) is 5.15 Å². The zero-order valence-corrected chi connectivity index (χ0v) is 8.39. The van der Waals surface area contributed by atoms with Gasteiger partial charge in [0.1, 0.15) is 5.82 Å².